The first-order valence-corrected chi connectivity index (χ1v) is 5.56. The Morgan fingerprint density at radius 1 is 1.00 bits per heavy atom. The predicted octanol–water partition coefficient (Wildman–Crippen LogP) is 2.94. The fraction of sp³-hybridized carbons (Fsp3) is 0.125. The van der Waals surface area contributed by atoms with Crippen molar-refractivity contribution in [2.45, 2.75) is 12.5 Å². The zero-order valence-corrected chi connectivity index (χ0v) is 9.51. The molecule has 0 bridgehead atoms. The highest BCUT2D eigenvalue weighted by Crippen LogP contribution is 2.16. The zero-order chi connectivity index (χ0) is 12.1. The highest BCUT2D eigenvalue weighted by molar-refractivity contribution is 5.32. The molecule has 0 aliphatic carbocycles. The highest BCUT2D eigenvalue weighted by atomic mass is 16.3. The fourth-order valence-electron chi connectivity index (χ4n) is 1.80. The van der Waals surface area contributed by atoms with Gasteiger partial charge >= 0.3 is 0 Å². The van der Waals surface area contributed by atoms with Gasteiger partial charge < -0.3 is 5.11 Å². The molecule has 0 aliphatic heterocycles. The molecule has 2 aromatic rings. The normalized spacial score (nSPS) is 11.8. The molecule has 0 saturated carbocycles. The van der Waals surface area contributed by atoms with Crippen molar-refractivity contribution in [2.24, 2.45) is 0 Å². The Morgan fingerprint density at radius 3 is 2.41 bits per heavy atom. The summed E-state index contributed by atoms with van der Waals surface area (Å²) in [7, 11) is 0. The lowest BCUT2D eigenvalue weighted by atomic mass is 10.0. The molecule has 0 aliphatic rings. The smallest absolute Gasteiger partial charge is 0.139 e. The van der Waals surface area contributed by atoms with E-state index >= 15 is 0 Å². The number of aliphatic hydroxyl groups is 1. The number of benzene rings is 2. The van der Waals surface area contributed by atoms with Crippen LogP contribution in [0, 0.1) is 12.3 Å². The quantitative estimate of drug-likeness (QED) is 0.792. The monoisotopic (exact) mass is 222 g/mol. The van der Waals surface area contributed by atoms with Gasteiger partial charge in [-0.25, -0.2) is 0 Å². The van der Waals surface area contributed by atoms with Gasteiger partial charge in [-0.05, 0) is 23.1 Å². The van der Waals surface area contributed by atoms with Gasteiger partial charge in [0.25, 0.3) is 0 Å². The first-order valence-electron chi connectivity index (χ1n) is 5.56. The van der Waals surface area contributed by atoms with Crippen LogP contribution in [0.1, 0.15) is 22.8 Å². The van der Waals surface area contributed by atoms with Gasteiger partial charge in [-0.3, -0.25) is 0 Å². The minimum atomic E-state index is -0.814. The second-order valence-electron chi connectivity index (χ2n) is 3.98. The Balaban J connectivity index is 2.20. The second-order valence-corrected chi connectivity index (χ2v) is 3.98. The van der Waals surface area contributed by atoms with Crippen LogP contribution in [0.5, 0.6) is 0 Å². The van der Waals surface area contributed by atoms with E-state index in [4.69, 9.17) is 6.42 Å². The van der Waals surface area contributed by atoms with E-state index in [0.717, 1.165) is 17.5 Å². The van der Waals surface area contributed by atoms with E-state index in [1.165, 1.54) is 5.56 Å². The van der Waals surface area contributed by atoms with Crippen molar-refractivity contribution in [3.8, 4) is 12.3 Å². The summed E-state index contributed by atoms with van der Waals surface area (Å²) in [6, 6.07) is 18.0. The molecule has 0 saturated heterocycles. The summed E-state index contributed by atoms with van der Waals surface area (Å²) in [5.74, 6) is 2.33. The number of hydrogen-bond acceptors (Lipinski definition) is 1. The molecular weight excluding hydrogens is 208 g/mol. The standard InChI is InChI=1S/C16H14O/c1-2-16(17)15-10-6-9-14(12-15)11-13-7-4-3-5-8-13/h1,3-10,12,16-17H,11H2. The van der Waals surface area contributed by atoms with E-state index in [9.17, 15) is 5.11 Å². The van der Waals surface area contributed by atoms with Gasteiger partial charge in [-0.2, -0.15) is 0 Å². The molecule has 1 N–H and O–H groups in total. The van der Waals surface area contributed by atoms with E-state index < -0.39 is 6.10 Å². The molecule has 2 rings (SSSR count). The third kappa shape index (κ3) is 2.96. The molecule has 0 aromatic heterocycles. The number of aliphatic hydroxyl groups excluding tert-OH is 1. The third-order valence-electron chi connectivity index (χ3n) is 2.68. The van der Waals surface area contributed by atoms with Crippen molar-refractivity contribution in [2.75, 3.05) is 0 Å². The van der Waals surface area contributed by atoms with Gasteiger partial charge in [0.2, 0.25) is 0 Å². The number of terminal acetylenes is 1. The SMILES string of the molecule is C#CC(O)c1cccc(Cc2ccccc2)c1. The van der Waals surface area contributed by atoms with Gasteiger partial charge in [-0.15, -0.1) is 6.42 Å². The Labute approximate surface area is 102 Å². The maximum atomic E-state index is 9.58. The Bertz CT molecular complexity index is 523. The van der Waals surface area contributed by atoms with Crippen molar-refractivity contribution < 1.29 is 5.11 Å². The molecule has 17 heavy (non-hydrogen) atoms. The first kappa shape index (κ1) is 11.4. The second kappa shape index (κ2) is 5.34. The van der Waals surface area contributed by atoms with Gasteiger partial charge in [-0.1, -0.05) is 60.5 Å². The maximum Gasteiger partial charge on any atom is 0.139 e. The van der Waals surface area contributed by atoms with Crippen molar-refractivity contribution in [1.82, 2.24) is 0 Å². The minimum absolute atomic E-state index is 0.779. The molecule has 1 heteroatoms. The average Bonchev–Trinajstić information content (AvgIpc) is 2.39. The number of rotatable bonds is 3. The molecule has 0 radical (unpaired) electrons. The summed E-state index contributed by atoms with van der Waals surface area (Å²) in [6.45, 7) is 0. The van der Waals surface area contributed by atoms with E-state index in [-0.39, 0.29) is 0 Å². The lowest BCUT2D eigenvalue weighted by Gasteiger charge is -2.07. The summed E-state index contributed by atoms with van der Waals surface area (Å²) in [4.78, 5) is 0. The minimum Gasteiger partial charge on any atom is -0.376 e. The molecular formula is C16H14O. The molecule has 0 heterocycles. The van der Waals surface area contributed by atoms with E-state index in [0.29, 0.717) is 0 Å². The average molecular weight is 222 g/mol. The van der Waals surface area contributed by atoms with E-state index in [2.05, 4.69) is 18.1 Å². The Morgan fingerprint density at radius 2 is 1.71 bits per heavy atom. The van der Waals surface area contributed by atoms with Crippen LogP contribution in [-0.2, 0) is 6.42 Å². The van der Waals surface area contributed by atoms with Crippen LogP contribution in [0.2, 0.25) is 0 Å². The van der Waals surface area contributed by atoms with E-state index in [1.54, 1.807) is 0 Å². The lowest BCUT2D eigenvalue weighted by molar-refractivity contribution is 0.238. The summed E-state index contributed by atoms with van der Waals surface area (Å²) in [6.07, 6.45) is 5.25. The topological polar surface area (TPSA) is 20.2 Å². The molecule has 1 unspecified atom stereocenters. The summed E-state index contributed by atoms with van der Waals surface area (Å²) in [5.41, 5.74) is 3.18. The van der Waals surface area contributed by atoms with Crippen LogP contribution in [0.25, 0.3) is 0 Å². The fourth-order valence-corrected chi connectivity index (χ4v) is 1.80. The van der Waals surface area contributed by atoms with Crippen LogP contribution in [0.4, 0.5) is 0 Å². The number of hydrogen-bond donors (Lipinski definition) is 1. The van der Waals surface area contributed by atoms with Gasteiger partial charge in [0.05, 0.1) is 0 Å². The predicted molar refractivity (Wildman–Crippen MR) is 69.5 cm³/mol. The molecule has 84 valence electrons. The first-order chi connectivity index (χ1) is 8.29. The van der Waals surface area contributed by atoms with Gasteiger partial charge in [0.15, 0.2) is 0 Å². The molecule has 1 nitrogen and oxygen atoms in total. The van der Waals surface area contributed by atoms with E-state index in [1.807, 2.05) is 42.5 Å². The van der Waals surface area contributed by atoms with Crippen molar-refractivity contribution in [1.29, 1.82) is 0 Å². The largest absolute Gasteiger partial charge is 0.376 e. The molecule has 2 aromatic carbocycles. The highest BCUT2D eigenvalue weighted by Gasteiger charge is 2.04. The maximum absolute atomic E-state index is 9.58. The Kier molecular flexibility index (Phi) is 3.59. The molecule has 0 spiro atoms. The van der Waals surface area contributed by atoms with Crippen LogP contribution in [0.15, 0.2) is 54.6 Å². The summed E-state index contributed by atoms with van der Waals surface area (Å²) >= 11 is 0. The molecule has 0 amide bonds. The summed E-state index contributed by atoms with van der Waals surface area (Å²) < 4.78 is 0. The van der Waals surface area contributed by atoms with Crippen LogP contribution < -0.4 is 0 Å². The summed E-state index contributed by atoms with van der Waals surface area (Å²) in [5, 5.41) is 9.58. The third-order valence-corrected chi connectivity index (χ3v) is 2.68. The van der Waals surface area contributed by atoms with Crippen molar-refractivity contribution >= 4 is 0 Å². The van der Waals surface area contributed by atoms with Gasteiger partial charge in [0, 0.05) is 0 Å². The van der Waals surface area contributed by atoms with Gasteiger partial charge in [0.1, 0.15) is 6.10 Å². The van der Waals surface area contributed by atoms with Crippen molar-refractivity contribution in [3.63, 3.8) is 0 Å². The molecule has 0 fully saturated rings. The zero-order valence-electron chi connectivity index (χ0n) is 9.51. The van der Waals surface area contributed by atoms with Crippen LogP contribution in [-0.4, -0.2) is 5.11 Å². The van der Waals surface area contributed by atoms with Crippen molar-refractivity contribution in [3.05, 3.63) is 71.3 Å². The van der Waals surface area contributed by atoms with Crippen LogP contribution in [0.3, 0.4) is 0 Å². The lowest BCUT2D eigenvalue weighted by Crippen LogP contribution is -1.95. The molecule has 1 atom stereocenters. The van der Waals surface area contributed by atoms with Crippen LogP contribution >= 0.6 is 0 Å². The Hall–Kier alpha value is -2.04.